The van der Waals surface area contributed by atoms with Crippen molar-refractivity contribution in [2.24, 2.45) is 5.92 Å². The molecule has 0 radical (unpaired) electrons. The molecule has 1 aliphatic carbocycles. The maximum absolute atomic E-state index is 10.7. The SMILES string of the molecule is CCOC1CC(Cc2nnc(SCC(=O)O)n2C(C)C)C1. The Morgan fingerprint density at radius 3 is 2.76 bits per heavy atom. The number of aromatic nitrogens is 3. The van der Waals surface area contributed by atoms with Crippen molar-refractivity contribution in [3.05, 3.63) is 5.82 Å². The average molecular weight is 313 g/mol. The van der Waals surface area contributed by atoms with Crippen LogP contribution in [0.15, 0.2) is 5.16 Å². The van der Waals surface area contributed by atoms with Crippen LogP contribution in [0, 0.1) is 5.92 Å². The Morgan fingerprint density at radius 2 is 2.19 bits per heavy atom. The molecule has 0 aliphatic heterocycles. The first-order chi connectivity index (χ1) is 10.0. The molecular weight excluding hydrogens is 290 g/mol. The zero-order valence-electron chi connectivity index (χ0n) is 12.8. The fourth-order valence-corrected chi connectivity index (χ4v) is 3.47. The van der Waals surface area contributed by atoms with Gasteiger partial charge in [-0.05, 0) is 39.5 Å². The van der Waals surface area contributed by atoms with E-state index < -0.39 is 5.97 Å². The molecule has 1 aromatic heterocycles. The lowest BCUT2D eigenvalue weighted by Crippen LogP contribution is -2.33. The monoisotopic (exact) mass is 313 g/mol. The Bertz CT molecular complexity index is 484. The minimum atomic E-state index is -0.835. The van der Waals surface area contributed by atoms with Crippen LogP contribution in [0.25, 0.3) is 0 Å². The van der Waals surface area contributed by atoms with Crippen LogP contribution in [0.3, 0.4) is 0 Å². The van der Waals surface area contributed by atoms with Gasteiger partial charge in [-0.1, -0.05) is 11.8 Å². The summed E-state index contributed by atoms with van der Waals surface area (Å²) in [4.78, 5) is 10.7. The van der Waals surface area contributed by atoms with E-state index in [-0.39, 0.29) is 11.8 Å². The molecule has 1 N–H and O–H groups in total. The van der Waals surface area contributed by atoms with Crippen LogP contribution in [0.4, 0.5) is 0 Å². The largest absolute Gasteiger partial charge is 0.481 e. The second-order valence-corrected chi connectivity index (χ2v) is 6.61. The summed E-state index contributed by atoms with van der Waals surface area (Å²) in [6.45, 7) is 6.94. The molecular formula is C14H23N3O3S. The molecule has 21 heavy (non-hydrogen) atoms. The normalized spacial score (nSPS) is 21.5. The van der Waals surface area contributed by atoms with E-state index in [1.165, 1.54) is 11.8 Å². The van der Waals surface area contributed by atoms with Gasteiger partial charge in [0, 0.05) is 19.1 Å². The molecule has 0 spiro atoms. The number of carboxylic acids is 1. The Hall–Kier alpha value is -1.08. The molecule has 0 bridgehead atoms. The molecule has 0 aromatic carbocycles. The van der Waals surface area contributed by atoms with E-state index in [0.29, 0.717) is 17.2 Å². The van der Waals surface area contributed by atoms with Gasteiger partial charge in [-0.25, -0.2) is 0 Å². The Kier molecular flexibility index (Phi) is 5.64. The van der Waals surface area contributed by atoms with Gasteiger partial charge in [0.25, 0.3) is 0 Å². The Balaban J connectivity index is 1.98. The highest BCUT2D eigenvalue weighted by Crippen LogP contribution is 2.33. The van der Waals surface area contributed by atoms with Crippen LogP contribution in [0.5, 0.6) is 0 Å². The maximum atomic E-state index is 10.7. The summed E-state index contributed by atoms with van der Waals surface area (Å²) < 4.78 is 7.64. The molecule has 1 fully saturated rings. The van der Waals surface area contributed by atoms with Crippen molar-refractivity contribution in [1.82, 2.24) is 14.8 Å². The molecule has 0 amide bonds. The Morgan fingerprint density at radius 1 is 1.48 bits per heavy atom. The van der Waals surface area contributed by atoms with Crippen LogP contribution in [0.1, 0.15) is 45.5 Å². The average Bonchev–Trinajstić information content (AvgIpc) is 2.77. The van der Waals surface area contributed by atoms with Gasteiger partial charge < -0.3 is 14.4 Å². The van der Waals surface area contributed by atoms with Gasteiger partial charge in [-0.2, -0.15) is 0 Å². The zero-order chi connectivity index (χ0) is 15.4. The molecule has 0 unspecified atom stereocenters. The minimum Gasteiger partial charge on any atom is -0.481 e. The quantitative estimate of drug-likeness (QED) is 0.743. The van der Waals surface area contributed by atoms with Gasteiger partial charge in [0.15, 0.2) is 5.16 Å². The van der Waals surface area contributed by atoms with Gasteiger partial charge in [-0.15, -0.1) is 10.2 Å². The number of rotatable bonds is 8. The van der Waals surface area contributed by atoms with E-state index in [2.05, 4.69) is 28.6 Å². The number of hydrogen-bond acceptors (Lipinski definition) is 5. The number of ether oxygens (including phenoxy) is 1. The third kappa shape index (κ3) is 4.20. The first-order valence-corrected chi connectivity index (χ1v) is 8.39. The van der Waals surface area contributed by atoms with Crippen LogP contribution in [-0.2, 0) is 16.0 Å². The molecule has 7 heteroatoms. The third-order valence-electron chi connectivity index (χ3n) is 3.64. The number of thioether (sulfide) groups is 1. The van der Waals surface area contributed by atoms with Crippen molar-refractivity contribution in [2.75, 3.05) is 12.4 Å². The molecule has 1 heterocycles. The van der Waals surface area contributed by atoms with E-state index in [0.717, 1.165) is 31.7 Å². The summed E-state index contributed by atoms with van der Waals surface area (Å²) in [7, 11) is 0. The van der Waals surface area contributed by atoms with E-state index in [1.807, 2.05) is 6.92 Å². The smallest absolute Gasteiger partial charge is 0.313 e. The molecule has 1 saturated carbocycles. The highest BCUT2D eigenvalue weighted by molar-refractivity contribution is 7.99. The van der Waals surface area contributed by atoms with Crippen LogP contribution in [-0.4, -0.2) is 44.3 Å². The first-order valence-electron chi connectivity index (χ1n) is 7.41. The number of aliphatic carboxylic acids is 1. The predicted molar refractivity (Wildman–Crippen MR) is 80.6 cm³/mol. The molecule has 0 atom stereocenters. The highest BCUT2D eigenvalue weighted by Gasteiger charge is 2.31. The number of carboxylic acid groups (broad SMARTS) is 1. The number of hydrogen-bond donors (Lipinski definition) is 1. The second kappa shape index (κ2) is 7.26. The lowest BCUT2D eigenvalue weighted by Gasteiger charge is -2.34. The molecule has 0 saturated heterocycles. The standard InChI is InChI=1S/C14H23N3O3S/c1-4-20-11-5-10(6-11)7-12-15-16-14(17(12)9(2)3)21-8-13(18)19/h9-11H,4-8H2,1-3H3,(H,18,19). The van der Waals surface area contributed by atoms with Gasteiger partial charge >= 0.3 is 5.97 Å². The number of carbonyl (C=O) groups is 1. The summed E-state index contributed by atoms with van der Waals surface area (Å²) >= 11 is 1.23. The third-order valence-corrected chi connectivity index (χ3v) is 4.57. The first kappa shape index (κ1) is 16.3. The topological polar surface area (TPSA) is 77.2 Å². The minimum absolute atomic E-state index is 0.0146. The van der Waals surface area contributed by atoms with Crippen LogP contribution >= 0.6 is 11.8 Å². The summed E-state index contributed by atoms with van der Waals surface area (Å²) in [6.07, 6.45) is 3.45. The van der Waals surface area contributed by atoms with Crippen molar-refractivity contribution >= 4 is 17.7 Å². The Labute approximate surface area is 129 Å². The molecule has 2 rings (SSSR count). The predicted octanol–water partition coefficient (Wildman–Crippen LogP) is 2.39. The van der Waals surface area contributed by atoms with Crippen molar-refractivity contribution in [3.8, 4) is 0 Å². The fourth-order valence-electron chi connectivity index (χ4n) is 2.66. The van der Waals surface area contributed by atoms with Crippen LogP contribution in [0.2, 0.25) is 0 Å². The summed E-state index contributed by atoms with van der Waals surface area (Å²) in [6, 6.07) is 0.231. The van der Waals surface area contributed by atoms with Gasteiger partial charge in [0.1, 0.15) is 5.82 Å². The van der Waals surface area contributed by atoms with Gasteiger partial charge in [-0.3, -0.25) is 4.79 Å². The van der Waals surface area contributed by atoms with E-state index in [1.54, 1.807) is 0 Å². The lowest BCUT2D eigenvalue weighted by molar-refractivity contribution is -0.133. The van der Waals surface area contributed by atoms with E-state index in [4.69, 9.17) is 9.84 Å². The van der Waals surface area contributed by atoms with Gasteiger partial charge in [0.2, 0.25) is 0 Å². The van der Waals surface area contributed by atoms with E-state index in [9.17, 15) is 4.79 Å². The van der Waals surface area contributed by atoms with Crippen molar-refractivity contribution in [3.63, 3.8) is 0 Å². The lowest BCUT2D eigenvalue weighted by atomic mass is 9.80. The summed E-state index contributed by atoms with van der Waals surface area (Å²) in [5.74, 6) is 0.734. The molecule has 118 valence electrons. The maximum Gasteiger partial charge on any atom is 0.313 e. The second-order valence-electron chi connectivity index (χ2n) is 5.66. The van der Waals surface area contributed by atoms with Crippen molar-refractivity contribution in [2.45, 2.75) is 57.3 Å². The van der Waals surface area contributed by atoms with E-state index >= 15 is 0 Å². The highest BCUT2D eigenvalue weighted by atomic mass is 32.2. The summed E-state index contributed by atoms with van der Waals surface area (Å²) in [5.41, 5.74) is 0. The summed E-state index contributed by atoms with van der Waals surface area (Å²) in [5, 5.41) is 17.9. The van der Waals surface area contributed by atoms with Crippen molar-refractivity contribution < 1.29 is 14.6 Å². The molecule has 6 nitrogen and oxygen atoms in total. The number of nitrogens with zero attached hydrogens (tertiary/aromatic N) is 3. The molecule has 1 aliphatic rings. The van der Waals surface area contributed by atoms with Crippen molar-refractivity contribution in [1.29, 1.82) is 0 Å². The molecule has 1 aromatic rings. The van der Waals surface area contributed by atoms with Crippen LogP contribution < -0.4 is 0 Å². The zero-order valence-corrected chi connectivity index (χ0v) is 13.6. The fraction of sp³-hybridized carbons (Fsp3) is 0.786. The van der Waals surface area contributed by atoms with Gasteiger partial charge in [0.05, 0.1) is 11.9 Å².